The maximum atomic E-state index is 12.2. The van der Waals surface area contributed by atoms with Crippen molar-refractivity contribution in [3.63, 3.8) is 0 Å². The molecule has 114 valence electrons. The van der Waals surface area contributed by atoms with Crippen molar-refractivity contribution < 1.29 is 9.59 Å². The molecule has 1 saturated heterocycles. The van der Waals surface area contributed by atoms with Crippen molar-refractivity contribution in [2.75, 3.05) is 13.1 Å². The molecule has 0 spiro atoms. The highest BCUT2D eigenvalue weighted by Gasteiger charge is 2.29. The first kappa shape index (κ1) is 15.5. The van der Waals surface area contributed by atoms with Gasteiger partial charge >= 0.3 is 0 Å². The molecule has 0 aliphatic carbocycles. The van der Waals surface area contributed by atoms with Crippen LogP contribution in [0.4, 0.5) is 0 Å². The third kappa shape index (κ3) is 4.28. The SMILES string of the molecule is CC(C)C(=O)N1CCCC(C(=O)NCc2cccnc2)C1. The Morgan fingerprint density at radius 3 is 2.95 bits per heavy atom. The van der Waals surface area contributed by atoms with Crippen molar-refractivity contribution in [2.24, 2.45) is 11.8 Å². The summed E-state index contributed by atoms with van der Waals surface area (Å²) in [5.74, 6) is 0.0557. The summed E-state index contributed by atoms with van der Waals surface area (Å²) < 4.78 is 0. The van der Waals surface area contributed by atoms with Crippen LogP contribution >= 0.6 is 0 Å². The van der Waals surface area contributed by atoms with Crippen LogP contribution in [0.2, 0.25) is 0 Å². The van der Waals surface area contributed by atoms with E-state index in [0.29, 0.717) is 13.1 Å². The van der Waals surface area contributed by atoms with Gasteiger partial charge in [-0.25, -0.2) is 0 Å². The second-order valence-electron chi connectivity index (χ2n) is 5.86. The Kier molecular flexibility index (Phi) is 5.31. The molecule has 1 aromatic rings. The van der Waals surface area contributed by atoms with E-state index < -0.39 is 0 Å². The number of pyridine rings is 1. The van der Waals surface area contributed by atoms with E-state index in [-0.39, 0.29) is 23.7 Å². The van der Waals surface area contributed by atoms with Crippen molar-refractivity contribution in [1.29, 1.82) is 0 Å². The average Bonchev–Trinajstić information content (AvgIpc) is 2.53. The van der Waals surface area contributed by atoms with Gasteiger partial charge in [0.05, 0.1) is 5.92 Å². The number of hydrogen-bond donors (Lipinski definition) is 1. The Morgan fingerprint density at radius 2 is 2.29 bits per heavy atom. The minimum absolute atomic E-state index is 0.0118. The molecule has 2 rings (SSSR count). The number of nitrogens with zero attached hydrogens (tertiary/aromatic N) is 2. The van der Waals surface area contributed by atoms with Crippen LogP contribution in [0.15, 0.2) is 24.5 Å². The molecule has 0 bridgehead atoms. The first-order chi connectivity index (χ1) is 10.1. The summed E-state index contributed by atoms with van der Waals surface area (Å²) in [6.45, 7) is 5.59. The topological polar surface area (TPSA) is 62.3 Å². The Bertz CT molecular complexity index is 488. The van der Waals surface area contributed by atoms with Gasteiger partial charge in [-0.05, 0) is 24.5 Å². The van der Waals surface area contributed by atoms with Crippen molar-refractivity contribution >= 4 is 11.8 Å². The largest absolute Gasteiger partial charge is 0.352 e. The third-order valence-corrected chi connectivity index (χ3v) is 3.79. The lowest BCUT2D eigenvalue weighted by Crippen LogP contribution is -2.46. The molecule has 2 amide bonds. The second kappa shape index (κ2) is 7.20. The van der Waals surface area contributed by atoms with E-state index >= 15 is 0 Å². The first-order valence-corrected chi connectivity index (χ1v) is 7.53. The quantitative estimate of drug-likeness (QED) is 0.915. The summed E-state index contributed by atoms with van der Waals surface area (Å²) in [4.78, 5) is 30.1. The molecule has 1 atom stereocenters. The first-order valence-electron chi connectivity index (χ1n) is 7.53. The minimum Gasteiger partial charge on any atom is -0.352 e. The summed E-state index contributed by atoms with van der Waals surface area (Å²) >= 11 is 0. The molecule has 0 aromatic carbocycles. The smallest absolute Gasteiger partial charge is 0.225 e. The minimum atomic E-state index is -0.0990. The summed E-state index contributed by atoms with van der Waals surface area (Å²) in [6, 6.07) is 3.79. The standard InChI is InChI=1S/C16H23N3O2/c1-12(2)16(21)19-8-4-6-14(11-19)15(20)18-10-13-5-3-7-17-9-13/h3,5,7,9,12,14H,4,6,8,10-11H2,1-2H3,(H,18,20). The van der Waals surface area contributed by atoms with Crippen LogP contribution in [0.1, 0.15) is 32.3 Å². The van der Waals surface area contributed by atoms with Crippen LogP contribution in [-0.4, -0.2) is 34.8 Å². The molecule has 1 aliphatic rings. The van der Waals surface area contributed by atoms with Gasteiger partial charge in [0.25, 0.3) is 0 Å². The number of nitrogens with one attached hydrogen (secondary N) is 1. The van der Waals surface area contributed by atoms with Gasteiger partial charge in [0.2, 0.25) is 11.8 Å². The number of carbonyl (C=O) groups excluding carboxylic acids is 2. The van der Waals surface area contributed by atoms with Gasteiger partial charge < -0.3 is 10.2 Å². The normalized spacial score (nSPS) is 18.6. The van der Waals surface area contributed by atoms with Gasteiger partial charge in [0, 0.05) is 37.9 Å². The second-order valence-corrected chi connectivity index (χ2v) is 5.86. The van der Waals surface area contributed by atoms with Gasteiger partial charge in [0.1, 0.15) is 0 Å². The van der Waals surface area contributed by atoms with Crippen molar-refractivity contribution in [3.05, 3.63) is 30.1 Å². The maximum absolute atomic E-state index is 12.2. The zero-order valence-corrected chi connectivity index (χ0v) is 12.7. The van der Waals surface area contributed by atoms with Crippen molar-refractivity contribution in [3.8, 4) is 0 Å². The van der Waals surface area contributed by atoms with E-state index in [1.165, 1.54) is 0 Å². The summed E-state index contributed by atoms with van der Waals surface area (Å²) in [6.07, 6.45) is 5.20. The van der Waals surface area contributed by atoms with Gasteiger partial charge in [-0.1, -0.05) is 19.9 Å². The number of hydrogen-bond acceptors (Lipinski definition) is 3. The maximum Gasteiger partial charge on any atom is 0.225 e. The van der Waals surface area contributed by atoms with Crippen molar-refractivity contribution in [2.45, 2.75) is 33.2 Å². The number of carbonyl (C=O) groups is 2. The van der Waals surface area contributed by atoms with Gasteiger partial charge in [0.15, 0.2) is 0 Å². The molecule has 0 saturated carbocycles. The van der Waals surface area contributed by atoms with Crippen molar-refractivity contribution in [1.82, 2.24) is 15.2 Å². The molecule has 1 aromatic heterocycles. The van der Waals surface area contributed by atoms with Gasteiger partial charge in [-0.3, -0.25) is 14.6 Å². The lowest BCUT2D eigenvalue weighted by molar-refractivity contribution is -0.138. The van der Waals surface area contributed by atoms with Crippen LogP contribution in [0.3, 0.4) is 0 Å². The molecule has 0 radical (unpaired) electrons. The van der Waals surface area contributed by atoms with E-state index in [1.54, 1.807) is 12.4 Å². The molecule has 1 unspecified atom stereocenters. The van der Waals surface area contributed by atoms with Crippen LogP contribution in [0, 0.1) is 11.8 Å². The fourth-order valence-electron chi connectivity index (χ4n) is 2.59. The monoisotopic (exact) mass is 289 g/mol. The Hall–Kier alpha value is -1.91. The molecule has 2 heterocycles. The van der Waals surface area contributed by atoms with E-state index in [2.05, 4.69) is 10.3 Å². The Balaban J connectivity index is 1.86. The number of rotatable bonds is 4. The molecular formula is C16H23N3O2. The summed E-state index contributed by atoms with van der Waals surface area (Å²) in [7, 11) is 0. The van der Waals surface area contributed by atoms with Gasteiger partial charge in [-0.2, -0.15) is 0 Å². The summed E-state index contributed by atoms with van der Waals surface area (Å²) in [5.41, 5.74) is 0.983. The highest BCUT2D eigenvalue weighted by atomic mass is 16.2. The van der Waals surface area contributed by atoms with E-state index in [1.807, 2.05) is 30.9 Å². The number of piperidine rings is 1. The highest BCUT2D eigenvalue weighted by Crippen LogP contribution is 2.18. The molecule has 1 N–H and O–H groups in total. The highest BCUT2D eigenvalue weighted by molar-refractivity contribution is 5.82. The average molecular weight is 289 g/mol. The Labute approximate surface area is 125 Å². The lowest BCUT2D eigenvalue weighted by Gasteiger charge is -2.33. The number of aromatic nitrogens is 1. The van der Waals surface area contributed by atoms with E-state index in [9.17, 15) is 9.59 Å². The summed E-state index contributed by atoms with van der Waals surface area (Å²) in [5, 5.41) is 2.94. The third-order valence-electron chi connectivity index (χ3n) is 3.79. The van der Waals surface area contributed by atoms with Crippen LogP contribution in [0.5, 0.6) is 0 Å². The Morgan fingerprint density at radius 1 is 1.48 bits per heavy atom. The fourth-order valence-corrected chi connectivity index (χ4v) is 2.59. The zero-order valence-electron chi connectivity index (χ0n) is 12.7. The lowest BCUT2D eigenvalue weighted by atomic mass is 9.96. The fraction of sp³-hybridized carbons (Fsp3) is 0.562. The molecule has 5 heteroatoms. The van der Waals surface area contributed by atoms with E-state index in [0.717, 1.165) is 24.9 Å². The number of likely N-dealkylation sites (tertiary alicyclic amines) is 1. The molecular weight excluding hydrogens is 266 g/mol. The molecule has 1 aliphatic heterocycles. The van der Waals surface area contributed by atoms with Crippen LogP contribution < -0.4 is 5.32 Å². The number of amides is 2. The molecule has 1 fully saturated rings. The predicted molar refractivity (Wildman–Crippen MR) is 80.2 cm³/mol. The molecule has 21 heavy (non-hydrogen) atoms. The zero-order chi connectivity index (χ0) is 15.2. The van der Waals surface area contributed by atoms with Crippen LogP contribution in [-0.2, 0) is 16.1 Å². The molecule has 5 nitrogen and oxygen atoms in total. The van der Waals surface area contributed by atoms with E-state index in [4.69, 9.17) is 0 Å². The van der Waals surface area contributed by atoms with Gasteiger partial charge in [-0.15, -0.1) is 0 Å². The predicted octanol–water partition coefficient (Wildman–Crippen LogP) is 1.59. The van der Waals surface area contributed by atoms with Crippen LogP contribution in [0.25, 0.3) is 0 Å².